The van der Waals surface area contributed by atoms with Crippen LogP contribution in [0.15, 0.2) is 53.9 Å². The molecule has 0 unspecified atom stereocenters. The van der Waals surface area contributed by atoms with Gasteiger partial charge in [0.15, 0.2) is 0 Å². The van der Waals surface area contributed by atoms with E-state index in [-0.39, 0.29) is 11.8 Å². The second-order valence-electron chi connectivity index (χ2n) is 6.20. The zero-order chi connectivity index (χ0) is 17.4. The SMILES string of the molecule is CCCc1[nH]nc2c1[C@@H](c1ccc3ccccc3c1)C(C#N)=C(N)O2. The highest BCUT2D eigenvalue weighted by Gasteiger charge is 2.34. The molecule has 3 aromatic rings. The summed E-state index contributed by atoms with van der Waals surface area (Å²) in [4.78, 5) is 0. The van der Waals surface area contributed by atoms with Gasteiger partial charge in [-0.25, -0.2) is 0 Å². The van der Waals surface area contributed by atoms with Crippen LogP contribution in [0.2, 0.25) is 0 Å². The van der Waals surface area contributed by atoms with Gasteiger partial charge in [0.2, 0.25) is 11.8 Å². The minimum absolute atomic E-state index is 0.128. The van der Waals surface area contributed by atoms with Crippen molar-refractivity contribution in [1.29, 1.82) is 5.26 Å². The van der Waals surface area contributed by atoms with Gasteiger partial charge < -0.3 is 10.5 Å². The lowest BCUT2D eigenvalue weighted by atomic mass is 9.83. The molecule has 1 aromatic heterocycles. The molecule has 0 spiro atoms. The van der Waals surface area contributed by atoms with Crippen molar-refractivity contribution in [1.82, 2.24) is 10.2 Å². The quantitative estimate of drug-likeness (QED) is 0.766. The van der Waals surface area contributed by atoms with Gasteiger partial charge in [0, 0.05) is 11.3 Å². The maximum Gasteiger partial charge on any atom is 0.244 e. The van der Waals surface area contributed by atoms with Gasteiger partial charge in [-0.15, -0.1) is 5.10 Å². The zero-order valence-electron chi connectivity index (χ0n) is 13.9. The predicted molar refractivity (Wildman–Crippen MR) is 95.8 cm³/mol. The minimum Gasteiger partial charge on any atom is -0.420 e. The highest BCUT2D eigenvalue weighted by Crippen LogP contribution is 2.43. The van der Waals surface area contributed by atoms with E-state index < -0.39 is 0 Å². The van der Waals surface area contributed by atoms with Crippen molar-refractivity contribution in [3.63, 3.8) is 0 Å². The maximum atomic E-state index is 9.69. The number of benzene rings is 2. The number of aromatic nitrogens is 2. The van der Waals surface area contributed by atoms with Crippen LogP contribution in [-0.4, -0.2) is 10.2 Å². The van der Waals surface area contributed by atoms with E-state index in [4.69, 9.17) is 10.5 Å². The van der Waals surface area contributed by atoms with Gasteiger partial charge in [-0.3, -0.25) is 5.10 Å². The standard InChI is InChI=1S/C20H18N4O/c1-2-5-16-18-17(15(11-21)19(22)25-20(18)24-23-16)14-9-8-12-6-3-4-7-13(12)10-14/h3-4,6-10,17H,2,5,22H2,1H3,(H,23,24)/t17-/m0/s1. The van der Waals surface area contributed by atoms with Crippen molar-refractivity contribution in [2.24, 2.45) is 5.73 Å². The zero-order valence-corrected chi connectivity index (χ0v) is 13.9. The number of hydrogen-bond donors (Lipinski definition) is 2. The molecule has 2 heterocycles. The Kier molecular flexibility index (Phi) is 3.66. The summed E-state index contributed by atoms with van der Waals surface area (Å²) in [6.07, 6.45) is 1.81. The average molecular weight is 330 g/mol. The van der Waals surface area contributed by atoms with Crippen molar-refractivity contribution in [2.45, 2.75) is 25.7 Å². The summed E-state index contributed by atoms with van der Waals surface area (Å²) in [6.45, 7) is 2.11. The van der Waals surface area contributed by atoms with Crippen LogP contribution in [0, 0.1) is 11.3 Å². The molecule has 2 aromatic carbocycles. The Labute approximate surface area is 145 Å². The van der Waals surface area contributed by atoms with Crippen LogP contribution in [0.3, 0.4) is 0 Å². The highest BCUT2D eigenvalue weighted by atomic mass is 16.5. The maximum absolute atomic E-state index is 9.69. The summed E-state index contributed by atoms with van der Waals surface area (Å²) in [5.74, 6) is 0.333. The predicted octanol–water partition coefficient (Wildman–Crippen LogP) is 3.73. The number of nitrogens with zero attached hydrogens (tertiary/aromatic N) is 2. The van der Waals surface area contributed by atoms with Crippen molar-refractivity contribution in [3.05, 3.63) is 70.7 Å². The number of allylic oxidation sites excluding steroid dienone is 1. The van der Waals surface area contributed by atoms with Crippen LogP contribution >= 0.6 is 0 Å². The summed E-state index contributed by atoms with van der Waals surface area (Å²) in [5.41, 5.74) is 9.37. The molecular weight excluding hydrogens is 312 g/mol. The minimum atomic E-state index is -0.265. The fourth-order valence-corrected chi connectivity index (χ4v) is 3.47. The first-order chi connectivity index (χ1) is 12.2. The Balaban J connectivity index is 1.94. The first-order valence-electron chi connectivity index (χ1n) is 8.36. The molecule has 1 aliphatic rings. The Morgan fingerprint density at radius 1 is 1.24 bits per heavy atom. The molecule has 124 valence electrons. The third-order valence-electron chi connectivity index (χ3n) is 4.62. The van der Waals surface area contributed by atoms with E-state index in [1.54, 1.807) is 0 Å². The van der Waals surface area contributed by atoms with Crippen molar-refractivity contribution >= 4 is 10.8 Å². The van der Waals surface area contributed by atoms with Crippen LogP contribution < -0.4 is 10.5 Å². The van der Waals surface area contributed by atoms with Gasteiger partial charge in [-0.2, -0.15) is 5.26 Å². The molecule has 1 aliphatic heterocycles. The lowest BCUT2D eigenvalue weighted by Gasteiger charge is -2.24. The molecule has 0 bridgehead atoms. The van der Waals surface area contributed by atoms with Crippen molar-refractivity contribution in [2.75, 3.05) is 0 Å². The number of rotatable bonds is 3. The van der Waals surface area contributed by atoms with Gasteiger partial charge in [-0.1, -0.05) is 55.8 Å². The third-order valence-corrected chi connectivity index (χ3v) is 4.62. The monoisotopic (exact) mass is 330 g/mol. The number of fused-ring (bicyclic) bond motifs is 2. The molecule has 0 fully saturated rings. The van der Waals surface area contributed by atoms with E-state index in [1.807, 2.05) is 12.1 Å². The molecule has 1 atom stereocenters. The molecule has 5 heteroatoms. The Bertz CT molecular complexity index is 1030. The summed E-state index contributed by atoms with van der Waals surface area (Å²) in [7, 11) is 0. The molecule has 0 saturated heterocycles. The van der Waals surface area contributed by atoms with E-state index in [2.05, 4.69) is 53.5 Å². The molecule has 0 radical (unpaired) electrons. The van der Waals surface area contributed by atoms with Crippen LogP contribution in [0.5, 0.6) is 5.88 Å². The van der Waals surface area contributed by atoms with Crippen molar-refractivity contribution < 1.29 is 4.74 Å². The first-order valence-corrected chi connectivity index (χ1v) is 8.36. The van der Waals surface area contributed by atoms with E-state index in [1.165, 1.54) is 0 Å². The number of aromatic amines is 1. The largest absolute Gasteiger partial charge is 0.420 e. The molecule has 25 heavy (non-hydrogen) atoms. The van der Waals surface area contributed by atoms with E-state index in [0.717, 1.165) is 40.4 Å². The van der Waals surface area contributed by atoms with E-state index >= 15 is 0 Å². The van der Waals surface area contributed by atoms with Gasteiger partial charge in [0.05, 0.1) is 5.92 Å². The molecule has 4 rings (SSSR count). The second-order valence-corrected chi connectivity index (χ2v) is 6.20. The normalized spacial score (nSPS) is 16.4. The number of nitrogens with one attached hydrogen (secondary N) is 1. The van der Waals surface area contributed by atoms with E-state index in [0.29, 0.717) is 11.5 Å². The number of aryl methyl sites for hydroxylation is 1. The van der Waals surface area contributed by atoms with Gasteiger partial charge >= 0.3 is 0 Å². The topological polar surface area (TPSA) is 87.7 Å². The summed E-state index contributed by atoms with van der Waals surface area (Å²) >= 11 is 0. The molecule has 0 aliphatic carbocycles. The van der Waals surface area contributed by atoms with Crippen LogP contribution in [0.1, 0.15) is 36.1 Å². The van der Waals surface area contributed by atoms with Gasteiger partial charge in [-0.05, 0) is 22.8 Å². The van der Waals surface area contributed by atoms with Crippen LogP contribution in [0.25, 0.3) is 10.8 Å². The average Bonchev–Trinajstić information content (AvgIpc) is 3.02. The van der Waals surface area contributed by atoms with Crippen molar-refractivity contribution in [3.8, 4) is 11.9 Å². The number of ether oxygens (including phenoxy) is 1. The fraction of sp³-hybridized carbons (Fsp3) is 0.200. The van der Waals surface area contributed by atoms with E-state index in [9.17, 15) is 5.26 Å². The summed E-state index contributed by atoms with van der Waals surface area (Å²) < 4.78 is 5.59. The Morgan fingerprint density at radius 2 is 2.04 bits per heavy atom. The Hall–Kier alpha value is -3.26. The fourth-order valence-electron chi connectivity index (χ4n) is 3.47. The van der Waals surface area contributed by atoms with Gasteiger partial charge in [0.25, 0.3) is 0 Å². The molecule has 3 N–H and O–H groups in total. The van der Waals surface area contributed by atoms with Crippen LogP contribution in [0.4, 0.5) is 0 Å². The number of hydrogen-bond acceptors (Lipinski definition) is 4. The number of nitrogens with two attached hydrogens (primary N) is 1. The molecule has 0 amide bonds. The molecule has 5 nitrogen and oxygen atoms in total. The summed E-state index contributed by atoms with van der Waals surface area (Å²) in [6, 6.07) is 16.6. The number of H-pyrrole nitrogens is 1. The Morgan fingerprint density at radius 3 is 2.80 bits per heavy atom. The second kappa shape index (κ2) is 5.99. The van der Waals surface area contributed by atoms with Crippen LogP contribution in [-0.2, 0) is 6.42 Å². The number of nitriles is 1. The van der Waals surface area contributed by atoms with Gasteiger partial charge in [0.1, 0.15) is 11.6 Å². The smallest absolute Gasteiger partial charge is 0.244 e. The highest BCUT2D eigenvalue weighted by molar-refractivity contribution is 5.83. The molecule has 0 saturated carbocycles. The molecular formula is C20H18N4O. The third kappa shape index (κ3) is 2.43. The first kappa shape index (κ1) is 15.3. The summed E-state index contributed by atoms with van der Waals surface area (Å²) in [5, 5.41) is 19.3. The lowest BCUT2D eigenvalue weighted by Crippen LogP contribution is -2.21. The lowest BCUT2D eigenvalue weighted by molar-refractivity contribution is 0.378.